The number of carboxylic acid groups (broad SMARTS) is 1. The lowest BCUT2D eigenvalue weighted by Crippen LogP contribution is -2.09. The second kappa shape index (κ2) is 5.95. The number of aromatic nitrogens is 2. The van der Waals surface area contributed by atoms with Crippen molar-refractivity contribution >= 4 is 5.97 Å². The first-order valence-corrected chi connectivity index (χ1v) is 6.33. The highest BCUT2D eigenvalue weighted by molar-refractivity contribution is 5.70. The first-order valence-electron chi connectivity index (χ1n) is 6.33. The van der Waals surface area contributed by atoms with Crippen LogP contribution in [0.5, 0.6) is 0 Å². The third-order valence-corrected chi connectivity index (χ3v) is 3.19. The van der Waals surface area contributed by atoms with Crippen molar-refractivity contribution in [3.05, 3.63) is 11.7 Å². The molecule has 0 aliphatic heterocycles. The van der Waals surface area contributed by atoms with Crippen LogP contribution in [0.1, 0.15) is 50.2 Å². The average Bonchev–Trinajstić information content (AvgIpc) is 2.97. The van der Waals surface area contributed by atoms with Gasteiger partial charge in [-0.2, -0.15) is 4.98 Å². The van der Waals surface area contributed by atoms with Crippen LogP contribution in [0.15, 0.2) is 4.52 Å². The Labute approximate surface area is 105 Å². The maximum Gasteiger partial charge on any atom is 0.306 e. The van der Waals surface area contributed by atoms with Crippen molar-refractivity contribution in [3.63, 3.8) is 0 Å². The molecule has 2 rings (SSSR count). The van der Waals surface area contributed by atoms with Gasteiger partial charge in [0, 0.05) is 12.5 Å². The standard InChI is InChI=1S/C12H18N2O4/c1-2-5-17-7-10-13-11(18-14-10)8-3-4-9(6-8)12(15)16/h8-9H,2-7H2,1H3,(H,15,16). The Morgan fingerprint density at radius 2 is 2.39 bits per heavy atom. The van der Waals surface area contributed by atoms with E-state index in [-0.39, 0.29) is 11.8 Å². The minimum atomic E-state index is -0.733. The van der Waals surface area contributed by atoms with Gasteiger partial charge >= 0.3 is 5.97 Å². The number of hydrogen-bond donors (Lipinski definition) is 1. The van der Waals surface area contributed by atoms with Crippen molar-refractivity contribution in [2.45, 2.75) is 45.1 Å². The number of carbonyl (C=O) groups is 1. The maximum absolute atomic E-state index is 10.9. The third-order valence-electron chi connectivity index (χ3n) is 3.19. The quantitative estimate of drug-likeness (QED) is 0.781. The highest BCUT2D eigenvalue weighted by Gasteiger charge is 2.33. The molecular formula is C12H18N2O4. The normalized spacial score (nSPS) is 23.4. The van der Waals surface area contributed by atoms with E-state index < -0.39 is 5.97 Å². The monoisotopic (exact) mass is 254 g/mol. The number of hydrogen-bond acceptors (Lipinski definition) is 5. The minimum absolute atomic E-state index is 0.0820. The van der Waals surface area contributed by atoms with Crippen LogP contribution in [0.25, 0.3) is 0 Å². The first-order chi connectivity index (χ1) is 8.70. The molecule has 1 N–H and O–H groups in total. The van der Waals surface area contributed by atoms with Crippen molar-refractivity contribution in [2.24, 2.45) is 5.92 Å². The molecule has 1 aliphatic rings. The highest BCUT2D eigenvalue weighted by Crippen LogP contribution is 2.37. The zero-order chi connectivity index (χ0) is 13.0. The van der Waals surface area contributed by atoms with Crippen LogP contribution in [0.4, 0.5) is 0 Å². The van der Waals surface area contributed by atoms with Gasteiger partial charge in [0.25, 0.3) is 0 Å². The Balaban J connectivity index is 1.88. The molecule has 18 heavy (non-hydrogen) atoms. The van der Waals surface area contributed by atoms with Gasteiger partial charge in [0.1, 0.15) is 6.61 Å². The summed E-state index contributed by atoms with van der Waals surface area (Å²) in [6.07, 6.45) is 3.03. The molecule has 100 valence electrons. The summed E-state index contributed by atoms with van der Waals surface area (Å²) in [5, 5.41) is 12.8. The van der Waals surface area contributed by atoms with Crippen molar-refractivity contribution in [2.75, 3.05) is 6.61 Å². The van der Waals surface area contributed by atoms with E-state index >= 15 is 0 Å². The fourth-order valence-corrected chi connectivity index (χ4v) is 2.23. The van der Waals surface area contributed by atoms with Gasteiger partial charge in [-0.15, -0.1) is 0 Å². The first kappa shape index (κ1) is 13.0. The number of rotatable bonds is 6. The summed E-state index contributed by atoms with van der Waals surface area (Å²) in [6.45, 7) is 3.06. The van der Waals surface area contributed by atoms with Gasteiger partial charge < -0.3 is 14.4 Å². The van der Waals surface area contributed by atoms with E-state index in [9.17, 15) is 4.79 Å². The van der Waals surface area contributed by atoms with Gasteiger partial charge in [-0.3, -0.25) is 4.79 Å². The third kappa shape index (κ3) is 3.07. The number of carboxylic acids is 1. The summed E-state index contributed by atoms with van der Waals surface area (Å²) in [7, 11) is 0. The van der Waals surface area contributed by atoms with E-state index in [1.165, 1.54) is 0 Å². The summed E-state index contributed by atoms with van der Waals surface area (Å²) in [5.74, 6) is 0.162. The van der Waals surface area contributed by atoms with E-state index in [0.717, 1.165) is 12.8 Å². The highest BCUT2D eigenvalue weighted by atomic mass is 16.5. The molecule has 6 heteroatoms. The maximum atomic E-state index is 10.9. The molecule has 0 radical (unpaired) electrons. The predicted octanol–water partition coefficient (Wildman–Crippen LogP) is 1.96. The molecule has 2 atom stereocenters. The number of ether oxygens (including phenoxy) is 1. The van der Waals surface area contributed by atoms with Crippen molar-refractivity contribution in [1.29, 1.82) is 0 Å². The molecule has 0 saturated heterocycles. The van der Waals surface area contributed by atoms with E-state index in [4.69, 9.17) is 14.4 Å². The van der Waals surface area contributed by atoms with Crippen molar-refractivity contribution in [1.82, 2.24) is 10.1 Å². The molecule has 6 nitrogen and oxygen atoms in total. The molecule has 1 saturated carbocycles. The Morgan fingerprint density at radius 3 is 3.06 bits per heavy atom. The summed E-state index contributed by atoms with van der Waals surface area (Å²) in [5.41, 5.74) is 0. The van der Waals surface area contributed by atoms with Gasteiger partial charge in [-0.25, -0.2) is 0 Å². The van der Waals surface area contributed by atoms with Crippen molar-refractivity contribution in [3.8, 4) is 0 Å². The largest absolute Gasteiger partial charge is 0.481 e. The molecule has 0 spiro atoms. The summed E-state index contributed by atoms with van der Waals surface area (Å²) >= 11 is 0. The van der Waals surface area contributed by atoms with Gasteiger partial charge in [0.15, 0.2) is 5.82 Å². The number of aliphatic carboxylic acids is 1. The Morgan fingerprint density at radius 1 is 1.56 bits per heavy atom. The Kier molecular flexibility index (Phi) is 4.30. The van der Waals surface area contributed by atoms with Crippen LogP contribution in [0, 0.1) is 5.92 Å². The van der Waals surface area contributed by atoms with Gasteiger partial charge in [0.2, 0.25) is 5.89 Å². The second-order valence-electron chi connectivity index (χ2n) is 4.65. The minimum Gasteiger partial charge on any atom is -0.481 e. The molecule has 1 aromatic heterocycles. The molecule has 1 aromatic rings. The molecule has 0 amide bonds. The second-order valence-corrected chi connectivity index (χ2v) is 4.65. The molecule has 1 fully saturated rings. The zero-order valence-corrected chi connectivity index (χ0v) is 10.5. The van der Waals surface area contributed by atoms with Crippen LogP contribution >= 0.6 is 0 Å². The molecule has 0 aromatic carbocycles. The average molecular weight is 254 g/mol. The van der Waals surface area contributed by atoms with E-state index in [1.54, 1.807) is 0 Å². The van der Waals surface area contributed by atoms with Gasteiger partial charge in [-0.1, -0.05) is 12.1 Å². The smallest absolute Gasteiger partial charge is 0.306 e. The van der Waals surface area contributed by atoms with Crippen LogP contribution in [-0.2, 0) is 16.1 Å². The molecular weight excluding hydrogens is 236 g/mol. The number of nitrogens with zero attached hydrogens (tertiary/aromatic N) is 2. The summed E-state index contributed by atoms with van der Waals surface area (Å²) in [4.78, 5) is 15.1. The van der Waals surface area contributed by atoms with Crippen LogP contribution in [0.2, 0.25) is 0 Å². The van der Waals surface area contributed by atoms with E-state index in [1.807, 2.05) is 6.92 Å². The molecule has 1 heterocycles. The molecule has 2 unspecified atom stereocenters. The van der Waals surface area contributed by atoms with Gasteiger partial charge in [-0.05, 0) is 25.7 Å². The van der Waals surface area contributed by atoms with E-state index in [0.29, 0.717) is 37.8 Å². The summed E-state index contributed by atoms with van der Waals surface area (Å²) < 4.78 is 10.5. The Bertz CT molecular complexity index is 405. The zero-order valence-electron chi connectivity index (χ0n) is 10.5. The SMILES string of the molecule is CCCOCc1noc(C2CCC(C(=O)O)C2)n1. The fraction of sp³-hybridized carbons (Fsp3) is 0.750. The lowest BCUT2D eigenvalue weighted by atomic mass is 10.1. The van der Waals surface area contributed by atoms with Crippen LogP contribution in [0.3, 0.4) is 0 Å². The Hall–Kier alpha value is -1.43. The van der Waals surface area contributed by atoms with Crippen LogP contribution < -0.4 is 0 Å². The molecule has 0 bridgehead atoms. The van der Waals surface area contributed by atoms with Gasteiger partial charge in [0.05, 0.1) is 5.92 Å². The lowest BCUT2D eigenvalue weighted by molar-refractivity contribution is -0.141. The molecule has 1 aliphatic carbocycles. The predicted molar refractivity (Wildman–Crippen MR) is 62.0 cm³/mol. The van der Waals surface area contributed by atoms with Crippen LogP contribution in [-0.4, -0.2) is 27.8 Å². The topological polar surface area (TPSA) is 85.5 Å². The van der Waals surface area contributed by atoms with Crippen molar-refractivity contribution < 1.29 is 19.2 Å². The lowest BCUT2D eigenvalue weighted by Gasteiger charge is -2.02. The fourth-order valence-electron chi connectivity index (χ4n) is 2.23. The van der Waals surface area contributed by atoms with E-state index in [2.05, 4.69) is 10.1 Å². The summed E-state index contributed by atoms with van der Waals surface area (Å²) in [6, 6.07) is 0.